The summed E-state index contributed by atoms with van der Waals surface area (Å²) < 4.78 is 38.6. The molecule has 0 aromatic heterocycles. The molecule has 1 saturated heterocycles. The summed E-state index contributed by atoms with van der Waals surface area (Å²) in [6, 6.07) is 11.1. The van der Waals surface area contributed by atoms with Crippen LogP contribution in [0.15, 0.2) is 42.5 Å². The largest absolute Gasteiger partial charge is 0.416 e. The fraction of sp³-hybridized carbons (Fsp3) is 0.350. The number of aryl methyl sites for hydroxylation is 1. The molecular weight excluding hydrogens is 391 g/mol. The Morgan fingerprint density at radius 3 is 2.50 bits per heavy atom. The molecule has 2 N–H and O–H groups in total. The van der Waals surface area contributed by atoms with Crippen molar-refractivity contribution in [3.05, 3.63) is 58.6 Å². The lowest BCUT2D eigenvalue weighted by Crippen LogP contribution is -3.15. The fourth-order valence-electron chi connectivity index (χ4n) is 3.38. The van der Waals surface area contributed by atoms with E-state index in [2.05, 4.69) is 29.3 Å². The highest BCUT2D eigenvalue weighted by atomic mass is 35.5. The second-order valence-corrected chi connectivity index (χ2v) is 7.35. The highest BCUT2D eigenvalue weighted by Crippen LogP contribution is 2.33. The number of carbonyl (C=O) groups excluding carboxylic acids is 1. The van der Waals surface area contributed by atoms with Gasteiger partial charge in [0.2, 0.25) is 0 Å². The molecule has 1 aliphatic rings. The number of alkyl halides is 3. The molecule has 2 aromatic carbocycles. The minimum absolute atomic E-state index is 0.0144. The van der Waals surface area contributed by atoms with E-state index >= 15 is 0 Å². The van der Waals surface area contributed by atoms with Crippen LogP contribution in [-0.4, -0.2) is 38.6 Å². The number of quaternary nitrogens is 1. The predicted octanol–water partition coefficient (Wildman–Crippen LogP) is 3.01. The average Bonchev–Trinajstić information content (AvgIpc) is 2.64. The molecule has 8 heteroatoms. The molecule has 150 valence electrons. The maximum absolute atomic E-state index is 12.9. The Labute approximate surface area is 166 Å². The van der Waals surface area contributed by atoms with Crippen molar-refractivity contribution in [3.8, 4) is 0 Å². The van der Waals surface area contributed by atoms with E-state index in [0.29, 0.717) is 0 Å². The first kappa shape index (κ1) is 20.5. The third kappa shape index (κ3) is 4.97. The standard InChI is InChI=1S/C20H21ClF3N3O/c1-14-4-2-3-5-18(14)27-10-8-26(9-11-27)13-19(28)25-17-12-15(20(22,23)24)6-7-16(17)21/h2-7,12H,8-11,13H2,1H3,(H,25,28)/p+1. The van der Waals surface area contributed by atoms with Gasteiger partial charge in [0, 0.05) is 5.69 Å². The Morgan fingerprint density at radius 1 is 1.18 bits per heavy atom. The van der Waals surface area contributed by atoms with Gasteiger partial charge in [-0.05, 0) is 36.8 Å². The number of para-hydroxylation sites is 1. The molecule has 0 spiro atoms. The zero-order valence-corrected chi connectivity index (χ0v) is 16.2. The second-order valence-electron chi connectivity index (χ2n) is 6.94. The average molecular weight is 413 g/mol. The zero-order chi connectivity index (χ0) is 20.3. The molecule has 2 aromatic rings. The number of halogens is 4. The van der Waals surface area contributed by atoms with E-state index in [4.69, 9.17) is 11.6 Å². The van der Waals surface area contributed by atoms with E-state index in [1.165, 1.54) is 11.3 Å². The van der Waals surface area contributed by atoms with Crippen molar-refractivity contribution in [2.45, 2.75) is 13.1 Å². The molecule has 0 radical (unpaired) electrons. The van der Waals surface area contributed by atoms with E-state index in [9.17, 15) is 18.0 Å². The molecular formula is C20H22ClF3N3O+. The Hall–Kier alpha value is -2.25. The molecule has 4 nitrogen and oxygen atoms in total. The number of hydrogen-bond donors (Lipinski definition) is 2. The molecule has 0 unspecified atom stereocenters. The number of piperazine rings is 1. The van der Waals surface area contributed by atoms with Crippen LogP contribution in [0.25, 0.3) is 0 Å². The molecule has 1 amide bonds. The van der Waals surface area contributed by atoms with E-state index in [1.807, 2.05) is 12.1 Å². The summed E-state index contributed by atoms with van der Waals surface area (Å²) in [7, 11) is 0. The summed E-state index contributed by atoms with van der Waals surface area (Å²) in [5.41, 5.74) is 1.55. The Balaban J connectivity index is 1.56. The number of benzene rings is 2. The Bertz CT molecular complexity index is 849. The van der Waals surface area contributed by atoms with Crippen LogP contribution in [-0.2, 0) is 11.0 Å². The zero-order valence-electron chi connectivity index (χ0n) is 15.4. The minimum atomic E-state index is -4.48. The molecule has 0 aliphatic carbocycles. The van der Waals surface area contributed by atoms with Gasteiger partial charge >= 0.3 is 6.18 Å². The van der Waals surface area contributed by atoms with Crippen LogP contribution in [0, 0.1) is 6.92 Å². The monoisotopic (exact) mass is 412 g/mol. The summed E-state index contributed by atoms with van der Waals surface area (Å²) in [6.07, 6.45) is -4.48. The number of amides is 1. The summed E-state index contributed by atoms with van der Waals surface area (Å²) in [6.45, 7) is 5.45. The number of nitrogens with zero attached hydrogens (tertiary/aromatic N) is 1. The van der Waals surface area contributed by atoms with Gasteiger partial charge in [-0.15, -0.1) is 0 Å². The predicted molar refractivity (Wildman–Crippen MR) is 104 cm³/mol. The van der Waals surface area contributed by atoms with Gasteiger partial charge in [0.05, 0.1) is 42.5 Å². The van der Waals surface area contributed by atoms with Crippen molar-refractivity contribution in [3.63, 3.8) is 0 Å². The van der Waals surface area contributed by atoms with Crippen molar-refractivity contribution < 1.29 is 22.9 Å². The summed E-state index contributed by atoms with van der Waals surface area (Å²) >= 11 is 5.94. The third-order valence-electron chi connectivity index (χ3n) is 4.91. The first-order valence-electron chi connectivity index (χ1n) is 9.05. The quantitative estimate of drug-likeness (QED) is 0.810. The number of carbonyl (C=O) groups is 1. The van der Waals surface area contributed by atoms with Crippen LogP contribution in [0.2, 0.25) is 5.02 Å². The number of rotatable bonds is 4. The topological polar surface area (TPSA) is 36.8 Å². The van der Waals surface area contributed by atoms with Gasteiger partial charge in [0.1, 0.15) is 0 Å². The molecule has 0 saturated carbocycles. The lowest BCUT2D eigenvalue weighted by atomic mass is 10.1. The molecule has 1 aliphatic heterocycles. The third-order valence-corrected chi connectivity index (χ3v) is 5.23. The number of anilines is 2. The van der Waals surface area contributed by atoms with Gasteiger partial charge in [-0.1, -0.05) is 29.8 Å². The highest BCUT2D eigenvalue weighted by Gasteiger charge is 2.31. The summed E-state index contributed by atoms with van der Waals surface area (Å²) in [5, 5.41) is 2.60. The van der Waals surface area contributed by atoms with Crippen LogP contribution in [0.1, 0.15) is 11.1 Å². The normalized spacial score (nSPS) is 15.5. The van der Waals surface area contributed by atoms with E-state index in [1.54, 1.807) is 0 Å². The van der Waals surface area contributed by atoms with Gasteiger partial charge < -0.3 is 15.1 Å². The molecule has 1 heterocycles. The smallest absolute Gasteiger partial charge is 0.360 e. The van der Waals surface area contributed by atoms with Gasteiger partial charge in [-0.25, -0.2) is 0 Å². The van der Waals surface area contributed by atoms with Crippen molar-refractivity contribution in [2.75, 3.05) is 42.9 Å². The van der Waals surface area contributed by atoms with E-state index in [0.717, 1.165) is 49.3 Å². The lowest BCUT2D eigenvalue weighted by molar-refractivity contribution is -0.892. The SMILES string of the molecule is Cc1ccccc1N1CC[NH+](CC(=O)Nc2cc(C(F)(F)F)ccc2Cl)CC1. The van der Waals surface area contributed by atoms with Gasteiger partial charge in [0.15, 0.2) is 6.54 Å². The van der Waals surface area contributed by atoms with Gasteiger partial charge in [-0.3, -0.25) is 4.79 Å². The van der Waals surface area contributed by atoms with Crippen LogP contribution >= 0.6 is 11.6 Å². The van der Waals surface area contributed by atoms with Crippen molar-refractivity contribution in [1.29, 1.82) is 0 Å². The van der Waals surface area contributed by atoms with Crippen molar-refractivity contribution in [2.24, 2.45) is 0 Å². The Kier molecular flexibility index (Phi) is 6.15. The summed E-state index contributed by atoms with van der Waals surface area (Å²) in [4.78, 5) is 15.7. The first-order chi connectivity index (χ1) is 13.2. The van der Waals surface area contributed by atoms with Crippen LogP contribution in [0.4, 0.5) is 24.5 Å². The van der Waals surface area contributed by atoms with Gasteiger partial charge in [0.25, 0.3) is 5.91 Å². The van der Waals surface area contributed by atoms with Crippen LogP contribution < -0.4 is 15.1 Å². The lowest BCUT2D eigenvalue weighted by Gasteiger charge is -2.34. The van der Waals surface area contributed by atoms with Crippen molar-refractivity contribution in [1.82, 2.24) is 0 Å². The second kappa shape index (κ2) is 8.41. The first-order valence-corrected chi connectivity index (χ1v) is 9.42. The van der Waals surface area contributed by atoms with E-state index < -0.39 is 11.7 Å². The molecule has 28 heavy (non-hydrogen) atoms. The van der Waals surface area contributed by atoms with Crippen LogP contribution in [0.5, 0.6) is 0 Å². The summed E-state index contributed by atoms with van der Waals surface area (Å²) in [5.74, 6) is -0.347. The number of hydrogen-bond acceptors (Lipinski definition) is 2. The number of nitrogens with one attached hydrogen (secondary N) is 2. The maximum atomic E-state index is 12.9. The van der Waals surface area contributed by atoms with Crippen LogP contribution in [0.3, 0.4) is 0 Å². The van der Waals surface area contributed by atoms with E-state index in [-0.39, 0.29) is 23.2 Å². The Morgan fingerprint density at radius 2 is 1.86 bits per heavy atom. The highest BCUT2D eigenvalue weighted by molar-refractivity contribution is 6.33. The molecule has 0 atom stereocenters. The molecule has 1 fully saturated rings. The van der Waals surface area contributed by atoms with Crippen molar-refractivity contribution >= 4 is 28.9 Å². The maximum Gasteiger partial charge on any atom is 0.416 e. The van der Waals surface area contributed by atoms with Gasteiger partial charge in [-0.2, -0.15) is 13.2 Å². The molecule has 3 rings (SSSR count). The minimum Gasteiger partial charge on any atom is -0.360 e. The fourth-order valence-corrected chi connectivity index (χ4v) is 3.54. The molecule has 0 bridgehead atoms.